The second-order valence-electron chi connectivity index (χ2n) is 5.21. The van der Waals surface area contributed by atoms with Gasteiger partial charge in [-0.05, 0) is 30.7 Å². The maximum atomic E-state index is 12.3. The number of Topliss-reactive ketones (excluding diaryl/α,β-unsaturated/α-hetero) is 1. The zero-order valence-corrected chi connectivity index (χ0v) is 12.5. The van der Waals surface area contributed by atoms with Crippen molar-refractivity contribution in [3.63, 3.8) is 0 Å². The fourth-order valence-corrected chi connectivity index (χ4v) is 2.11. The molecule has 0 saturated heterocycles. The Bertz CT molecular complexity index is 440. The molecule has 0 atom stereocenters. The lowest BCUT2D eigenvalue weighted by Gasteiger charge is -2.19. The molecule has 0 unspecified atom stereocenters. The van der Waals surface area contributed by atoms with Gasteiger partial charge in [-0.3, -0.25) is 4.79 Å². The van der Waals surface area contributed by atoms with E-state index in [0.29, 0.717) is 0 Å². The Kier molecular flexibility index (Phi) is 6.72. The first-order valence-electron chi connectivity index (χ1n) is 7.29. The molecule has 1 rings (SSSR count). The van der Waals surface area contributed by atoms with Gasteiger partial charge in [0, 0.05) is 24.8 Å². The van der Waals surface area contributed by atoms with Crippen LogP contribution in [0.25, 0.3) is 0 Å². The Morgan fingerprint density at radius 3 is 2.14 bits per heavy atom. The van der Waals surface area contributed by atoms with Crippen molar-refractivity contribution in [1.82, 2.24) is 0 Å². The van der Waals surface area contributed by atoms with Crippen LogP contribution in [0.4, 0.5) is 18.9 Å². The first-order chi connectivity index (χ1) is 9.86. The van der Waals surface area contributed by atoms with Crippen LogP contribution in [0, 0.1) is 0 Å². The number of benzene rings is 1. The van der Waals surface area contributed by atoms with E-state index in [1.165, 1.54) is 31.4 Å². The van der Waals surface area contributed by atoms with Crippen molar-refractivity contribution < 1.29 is 18.0 Å². The van der Waals surface area contributed by atoms with Crippen LogP contribution in [0.2, 0.25) is 0 Å². The molecule has 5 heteroatoms. The van der Waals surface area contributed by atoms with Crippen LogP contribution in [0.15, 0.2) is 24.3 Å². The van der Waals surface area contributed by atoms with Crippen LogP contribution in [-0.4, -0.2) is 25.6 Å². The summed E-state index contributed by atoms with van der Waals surface area (Å²) in [4.78, 5) is 13.1. The highest BCUT2D eigenvalue weighted by atomic mass is 19.4. The summed E-state index contributed by atoms with van der Waals surface area (Å²) in [5, 5.41) is 0. The lowest BCUT2D eigenvalue weighted by atomic mass is 10.1. The summed E-state index contributed by atoms with van der Waals surface area (Å²) in [5.74, 6) is -1.80. The first kappa shape index (κ1) is 17.5. The number of nitrogens with zero attached hydrogens (tertiary/aromatic N) is 1. The van der Waals surface area contributed by atoms with Crippen molar-refractivity contribution in [1.29, 1.82) is 0 Å². The summed E-state index contributed by atoms with van der Waals surface area (Å²) < 4.78 is 36.9. The summed E-state index contributed by atoms with van der Waals surface area (Å²) in [6, 6.07) is 5.59. The average molecular weight is 301 g/mol. The van der Waals surface area contributed by atoms with Crippen molar-refractivity contribution in [2.24, 2.45) is 0 Å². The molecule has 0 aliphatic carbocycles. The molecule has 0 bridgehead atoms. The third kappa shape index (κ3) is 5.78. The van der Waals surface area contributed by atoms with Crippen LogP contribution in [0.1, 0.15) is 49.4 Å². The highest BCUT2D eigenvalue weighted by molar-refractivity contribution is 6.00. The van der Waals surface area contributed by atoms with E-state index in [4.69, 9.17) is 0 Å². The number of alkyl halides is 3. The molecule has 0 aromatic heterocycles. The summed E-state index contributed by atoms with van der Waals surface area (Å²) in [7, 11) is 1.90. The van der Waals surface area contributed by atoms with E-state index < -0.39 is 12.0 Å². The number of hydrogen-bond donors (Lipinski definition) is 0. The Labute approximate surface area is 123 Å². The molecule has 0 aliphatic heterocycles. The molecular formula is C16H22F3NO. The molecule has 0 fully saturated rings. The molecule has 1 aromatic carbocycles. The lowest BCUT2D eigenvalue weighted by Crippen LogP contribution is -2.23. The second kappa shape index (κ2) is 8.05. The van der Waals surface area contributed by atoms with E-state index in [2.05, 4.69) is 6.92 Å². The number of rotatable bonds is 8. The Morgan fingerprint density at radius 2 is 1.62 bits per heavy atom. The lowest BCUT2D eigenvalue weighted by molar-refractivity contribution is -0.0885. The number of unbranched alkanes of at least 4 members (excludes halogenated alkanes) is 4. The van der Waals surface area contributed by atoms with E-state index in [1.807, 2.05) is 11.9 Å². The maximum Gasteiger partial charge on any atom is 0.454 e. The van der Waals surface area contributed by atoms with E-state index >= 15 is 0 Å². The number of carbonyl (C=O) groups is 1. The molecule has 0 spiro atoms. The second-order valence-corrected chi connectivity index (χ2v) is 5.21. The Balaban J connectivity index is 2.51. The number of carbonyl (C=O) groups excluding carboxylic acids is 1. The van der Waals surface area contributed by atoms with Gasteiger partial charge in [0.1, 0.15) is 0 Å². The highest BCUT2D eigenvalue weighted by Gasteiger charge is 2.39. The van der Waals surface area contributed by atoms with E-state index in [1.54, 1.807) is 12.1 Å². The van der Waals surface area contributed by atoms with Gasteiger partial charge in [-0.2, -0.15) is 13.2 Å². The SMILES string of the molecule is CCCCCCCN(C)c1ccc(C(=O)C(F)(F)F)cc1. The van der Waals surface area contributed by atoms with Crippen molar-refractivity contribution in [2.45, 2.75) is 45.2 Å². The van der Waals surface area contributed by atoms with Gasteiger partial charge >= 0.3 is 6.18 Å². The standard InChI is InChI=1S/C16H22F3NO/c1-3-4-5-6-7-12-20(2)14-10-8-13(9-11-14)15(21)16(17,18)19/h8-11H,3-7,12H2,1-2H3. The van der Waals surface area contributed by atoms with Crippen molar-refractivity contribution >= 4 is 11.5 Å². The smallest absolute Gasteiger partial charge is 0.375 e. The normalized spacial score (nSPS) is 11.5. The average Bonchev–Trinajstić information content (AvgIpc) is 2.45. The number of ketones is 1. The number of hydrogen-bond acceptors (Lipinski definition) is 2. The largest absolute Gasteiger partial charge is 0.454 e. The molecule has 21 heavy (non-hydrogen) atoms. The zero-order chi connectivity index (χ0) is 15.9. The monoisotopic (exact) mass is 301 g/mol. The van der Waals surface area contributed by atoms with Crippen molar-refractivity contribution in [2.75, 3.05) is 18.5 Å². The molecule has 0 aliphatic rings. The van der Waals surface area contributed by atoms with E-state index in [0.717, 1.165) is 25.1 Å². The third-order valence-electron chi connectivity index (χ3n) is 3.42. The molecule has 118 valence electrons. The summed E-state index contributed by atoms with van der Waals surface area (Å²) >= 11 is 0. The van der Waals surface area contributed by atoms with Gasteiger partial charge in [-0.15, -0.1) is 0 Å². The van der Waals surface area contributed by atoms with Gasteiger partial charge in [0.05, 0.1) is 0 Å². The topological polar surface area (TPSA) is 20.3 Å². The molecule has 0 heterocycles. The third-order valence-corrected chi connectivity index (χ3v) is 3.42. The van der Waals surface area contributed by atoms with Gasteiger partial charge in [0.15, 0.2) is 0 Å². The highest BCUT2D eigenvalue weighted by Crippen LogP contribution is 2.23. The first-order valence-corrected chi connectivity index (χ1v) is 7.29. The van der Waals surface area contributed by atoms with Crippen LogP contribution < -0.4 is 4.90 Å². The van der Waals surface area contributed by atoms with Crippen LogP contribution in [0.5, 0.6) is 0 Å². The van der Waals surface area contributed by atoms with Crippen molar-refractivity contribution in [3.8, 4) is 0 Å². The fourth-order valence-electron chi connectivity index (χ4n) is 2.11. The molecule has 1 aromatic rings. The predicted molar refractivity (Wildman–Crippen MR) is 78.9 cm³/mol. The van der Waals surface area contributed by atoms with Crippen LogP contribution in [-0.2, 0) is 0 Å². The minimum atomic E-state index is -4.81. The summed E-state index contributed by atoms with van der Waals surface area (Å²) in [6.07, 6.45) is 1.04. The zero-order valence-electron chi connectivity index (χ0n) is 12.5. The summed E-state index contributed by atoms with van der Waals surface area (Å²) in [5.41, 5.74) is 0.506. The fraction of sp³-hybridized carbons (Fsp3) is 0.562. The molecule has 0 saturated carbocycles. The van der Waals surface area contributed by atoms with Crippen LogP contribution >= 0.6 is 0 Å². The molecular weight excluding hydrogens is 279 g/mol. The quantitative estimate of drug-likeness (QED) is 0.506. The van der Waals surface area contributed by atoms with Gasteiger partial charge < -0.3 is 4.90 Å². The van der Waals surface area contributed by atoms with E-state index in [9.17, 15) is 18.0 Å². The van der Waals surface area contributed by atoms with E-state index in [-0.39, 0.29) is 5.56 Å². The Morgan fingerprint density at radius 1 is 1.05 bits per heavy atom. The minimum Gasteiger partial charge on any atom is -0.375 e. The van der Waals surface area contributed by atoms with Gasteiger partial charge in [0.25, 0.3) is 5.78 Å². The minimum absolute atomic E-state index is 0.317. The predicted octanol–water partition coefficient (Wildman–Crippen LogP) is 4.84. The van der Waals surface area contributed by atoms with Gasteiger partial charge in [-0.25, -0.2) is 0 Å². The molecule has 0 N–H and O–H groups in total. The Hall–Kier alpha value is -1.52. The van der Waals surface area contributed by atoms with Gasteiger partial charge in [0.2, 0.25) is 0 Å². The van der Waals surface area contributed by atoms with Gasteiger partial charge in [-0.1, -0.05) is 32.6 Å². The van der Waals surface area contributed by atoms with Crippen molar-refractivity contribution in [3.05, 3.63) is 29.8 Å². The molecule has 2 nitrogen and oxygen atoms in total. The maximum absolute atomic E-state index is 12.3. The molecule has 0 radical (unpaired) electrons. The molecule has 0 amide bonds. The number of anilines is 1. The van der Waals surface area contributed by atoms with Crippen LogP contribution in [0.3, 0.4) is 0 Å². The summed E-state index contributed by atoms with van der Waals surface area (Å²) in [6.45, 7) is 3.02. The number of halogens is 3.